The molecule has 0 unspecified atom stereocenters. The number of nitrogens with zero attached hydrogens (tertiary/aromatic N) is 1. The summed E-state index contributed by atoms with van der Waals surface area (Å²) in [5.41, 5.74) is 6.62. The zero-order valence-electron chi connectivity index (χ0n) is 16.7. The number of carbonyl (C=O) groups is 4. The summed E-state index contributed by atoms with van der Waals surface area (Å²) < 4.78 is 5.29. The van der Waals surface area contributed by atoms with E-state index in [-0.39, 0.29) is 30.6 Å². The van der Waals surface area contributed by atoms with Gasteiger partial charge in [0.05, 0.1) is 0 Å². The number of hydrogen-bond acceptors (Lipinski definition) is 7. The number of carboxylic acid groups (broad SMARTS) is 1. The fourth-order valence-corrected chi connectivity index (χ4v) is 3.25. The lowest BCUT2D eigenvalue weighted by Crippen LogP contribution is -2.67. The summed E-state index contributed by atoms with van der Waals surface area (Å²) in [7, 11) is 0. The lowest BCUT2D eigenvalue weighted by Gasteiger charge is -2.35. The number of benzene rings is 2. The van der Waals surface area contributed by atoms with Crippen molar-refractivity contribution in [3.63, 3.8) is 0 Å². The highest BCUT2D eigenvalue weighted by atomic mass is 16.5. The summed E-state index contributed by atoms with van der Waals surface area (Å²) in [4.78, 5) is 50.8. The van der Waals surface area contributed by atoms with Crippen molar-refractivity contribution in [3.8, 4) is 0 Å². The molecule has 1 heterocycles. The summed E-state index contributed by atoms with van der Waals surface area (Å²) in [6.45, 7) is 0.134. The Morgan fingerprint density at radius 1 is 1.00 bits per heavy atom. The van der Waals surface area contributed by atoms with Crippen LogP contribution in [0.3, 0.4) is 0 Å². The van der Waals surface area contributed by atoms with E-state index in [0.717, 1.165) is 0 Å². The predicted octanol–water partition coefficient (Wildman–Crippen LogP) is 1.48. The molecule has 3 rings (SSSR count). The van der Waals surface area contributed by atoms with Gasteiger partial charge >= 0.3 is 11.9 Å². The van der Waals surface area contributed by atoms with Crippen LogP contribution in [-0.4, -0.2) is 46.0 Å². The van der Waals surface area contributed by atoms with E-state index >= 15 is 0 Å². The Morgan fingerprint density at radius 3 is 2.23 bits per heavy atom. The number of hydrogen-bond donors (Lipinski definition) is 3. The number of hydrazine groups is 1. The van der Waals surface area contributed by atoms with Crippen LogP contribution < -0.4 is 11.2 Å². The molecule has 1 aliphatic heterocycles. The minimum absolute atomic E-state index is 0.159. The Morgan fingerprint density at radius 2 is 1.65 bits per heavy atom. The molecule has 2 aromatic carbocycles. The van der Waals surface area contributed by atoms with Crippen molar-refractivity contribution in [1.29, 1.82) is 0 Å². The van der Waals surface area contributed by atoms with Gasteiger partial charge in [-0.15, -0.1) is 0 Å². The second-order valence-corrected chi connectivity index (χ2v) is 7.16. The summed E-state index contributed by atoms with van der Waals surface area (Å²) in [5.74, 6) is -4.16. The third-order valence-corrected chi connectivity index (χ3v) is 5.00. The smallest absolute Gasteiger partial charge is 0.340 e. The Bertz CT molecular complexity index is 963. The molecule has 0 radical (unpaired) electrons. The van der Waals surface area contributed by atoms with Crippen molar-refractivity contribution in [2.75, 3.05) is 6.54 Å². The van der Waals surface area contributed by atoms with Crippen LogP contribution in [0.5, 0.6) is 0 Å². The lowest BCUT2D eigenvalue weighted by molar-refractivity contribution is -0.167. The van der Waals surface area contributed by atoms with Crippen molar-refractivity contribution in [2.45, 2.75) is 31.4 Å². The molecule has 1 aliphatic rings. The molecule has 0 aliphatic carbocycles. The summed E-state index contributed by atoms with van der Waals surface area (Å²) >= 11 is 0. The van der Waals surface area contributed by atoms with Crippen LogP contribution in [0.1, 0.15) is 45.5 Å². The summed E-state index contributed by atoms with van der Waals surface area (Å²) in [6, 6.07) is 14.7. The van der Waals surface area contributed by atoms with Gasteiger partial charge in [0.2, 0.25) is 5.54 Å². The fourth-order valence-electron chi connectivity index (χ4n) is 3.25. The van der Waals surface area contributed by atoms with E-state index in [1.54, 1.807) is 36.4 Å². The minimum atomic E-state index is -2.34. The van der Waals surface area contributed by atoms with Crippen LogP contribution in [0.15, 0.2) is 54.6 Å². The van der Waals surface area contributed by atoms with Gasteiger partial charge in [-0.2, -0.15) is 5.43 Å². The van der Waals surface area contributed by atoms with Gasteiger partial charge in [-0.05, 0) is 49.6 Å². The van der Waals surface area contributed by atoms with E-state index in [2.05, 4.69) is 5.43 Å². The highest BCUT2D eigenvalue weighted by molar-refractivity contribution is 6.15. The molecule has 0 saturated heterocycles. The number of rotatable bonds is 10. The van der Waals surface area contributed by atoms with Gasteiger partial charge in [-0.1, -0.05) is 36.4 Å². The number of imide groups is 1. The summed E-state index contributed by atoms with van der Waals surface area (Å²) in [5, 5.41) is 10.6. The number of carboxylic acids is 1. The van der Waals surface area contributed by atoms with Crippen LogP contribution in [0.2, 0.25) is 0 Å². The van der Waals surface area contributed by atoms with Crippen LogP contribution in [0, 0.1) is 0 Å². The molecule has 162 valence electrons. The number of carbonyl (C=O) groups excluding carboxylic acids is 3. The minimum Gasteiger partial charge on any atom is -0.479 e. The molecule has 0 fully saturated rings. The largest absolute Gasteiger partial charge is 0.479 e. The predicted molar refractivity (Wildman–Crippen MR) is 110 cm³/mol. The monoisotopic (exact) mass is 425 g/mol. The van der Waals surface area contributed by atoms with Crippen molar-refractivity contribution < 1.29 is 29.0 Å². The molecule has 0 spiro atoms. The van der Waals surface area contributed by atoms with E-state index in [4.69, 9.17) is 10.5 Å². The quantitative estimate of drug-likeness (QED) is 0.225. The Labute approximate surface area is 178 Å². The maximum atomic E-state index is 13.0. The van der Waals surface area contributed by atoms with Crippen LogP contribution in [-0.2, 0) is 20.9 Å². The Kier molecular flexibility index (Phi) is 6.78. The van der Waals surface area contributed by atoms with Crippen LogP contribution in [0.25, 0.3) is 0 Å². The van der Waals surface area contributed by atoms with E-state index in [0.29, 0.717) is 23.5 Å². The van der Waals surface area contributed by atoms with Gasteiger partial charge in [0, 0.05) is 11.1 Å². The van der Waals surface area contributed by atoms with Gasteiger partial charge in [0.15, 0.2) is 0 Å². The lowest BCUT2D eigenvalue weighted by atomic mass is 9.92. The number of amides is 2. The van der Waals surface area contributed by atoms with Crippen molar-refractivity contribution in [1.82, 2.24) is 10.4 Å². The number of unbranched alkanes of at least 4 members (excludes halogenated alkanes) is 1. The zero-order valence-corrected chi connectivity index (χ0v) is 16.7. The third kappa shape index (κ3) is 4.62. The average Bonchev–Trinajstić information content (AvgIpc) is 2.78. The van der Waals surface area contributed by atoms with Crippen molar-refractivity contribution in [2.24, 2.45) is 5.73 Å². The SMILES string of the molecule is NCCCC[C@](NN1C(=O)c2cccc(c2)C1=O)(C(=O)O)C(=O)OCc1ccccc1. The van der Waals surface area contributed by atoms with Gasteiger partial charge < -0.3 is 15.6 Å². The van der Waals surface area contributed by atoms with Gasteiger partial charge in [0.25, 0.3) is 11.8 Å². The highest BCUT2D eigenvalue weighted by Crippen LogP contribution is 2.23. The Hall–Kier alpha value is -3.56. The van der Waals surface area contributed by atoms with Crippen LogP contribution in [0.4, 0.5) is 0 Å². The van der Waals surface area contributed by atoms with Crippen molar-refractivity contribution in [3.05, 3.63) is 71.3 Å². The average molecular weight is 425 g/mol. The molecule has 0 saturated carbocycles. The normalized spacial score (nSPS) is 14.8. The fraction of sp³-hybridized carbons (Fsp3) is 0.273. The third-order valence-electron chi connectivity index (χ3n) is 5.00. The van der Waals surface area contributed by atoms with Gasteiger partial charge in [0.1, 0.15) is 6.61 Å². The van der Waals surface area contributed by atoms with Gasteiger partial charge in [-0.25, -0.2) is 14.6 Å². The maximum Gasteiger partial charge on any atom is 0.340 e. The van der Waals surface area contributed by atoms with E-state index in [1.165, 1.54) is 18.2 Å². The number of nitrogens with one attached hydrogen (secondary N) is 1. The first kappa shape index (κ1) is 22.1. The molecule has 1 atom stereocenters. The molecule has 9 nitrogen and oxygen atoms in total. The molecule has 0 aromatic heterocycles. The van der Waals surface area contributed by atoms with Crippen molar-refractivity contribution >= 4 is 23.8 Å². The molecule has 2 aromatic rings. The number of fused-ring (bicyclic) bond motifs is 2. The topological polar surface area (TPSA) is 139 Å². The first-order chi connectivity index (χ1) is 14.9. The second kappa shape index (κ2) is 9.50. The Balaban J connectivity index is 1.89. The van der Waals surface area contributed by atoms with E-state index < -0.39 is 29.3 Å². The van der Waals surface area contributed by atoms with Gasteiger partial charge in [-0.3, -0.25) is 9.59 Å². The summed E-state index contributed by atoms with van der Waals surface area (Å²) in [6.07, 6.45) is 0.486. The van der Waals surface area contributed by atoms with Crippen LogP contribution >= 0.6 is 0 Å². The molecule has 4 N–H and O–H groups in total. The molecule has 9 heteroatoms. The number of nitrogens with two attached hydrogens (primary N) is 1. The number of ether oxygens (including phenoxy) is 1. The first-order valence-electron chi connectivity index (χ1n) is 9.80. The molecular weight excluding hydrogens is 402 g/mol. The first-order valence-corrected chi connectivity index (χ1v) is 9.80. The standard InChI is InChI=1S/C22H23N3O6/c23-12-5-4-11-22(20(28)29,21(30)31-14-15-7-2-1-3-8-15)24-25-18(26)16-9-6-10-17(13-16)19(25)27/h1-3,6-10,13,24H,4-5,11-12,14,23H2,(H,28,29)/t22-/m0/s1. The molecule has 31 heavy (non-hydrogen) atoms. The molecule has 2 bridgehead atoms. The zero-order chi connectivity index (χ0) is 22.4. The highest BCUT2D eigenvalue weighted by Gasteiger charge is 2.51. The maximum absolute atomic E-state index is 13.0. The number of esters is 1. The number of aliphatic carboxylic acids is 1. The van der Waals surface area contributed by atoms with E-state index in [9.17, 15) is 24.3 Å². The molecule has 2 amide bonds. The molecular formula is C22H23N3O6. The van der Waals surface area contributed by atoms with E-state index in [1.807, 2.05) is 0 Å². The second-order valence-electron chi connectivity index (χ2n) is 7.16.